The van der Waals surface area contributed by atoms with Gasteiger partial charge in [0.1, 0.15) is 12.3 Å². The lowest BCUT2D eigenvalue weighted by Crippen LogP contribution is -2.42. The van der Waals surface area contributed by atoms with E-state index in [0.717, 1.165) is 5.75 Å². The van der Waals surface area contributed by atoms with Crippen LogP contribution in [-0.2, 0) is 16.0 Å². The molecule has 1 heterocycles. The first-order valence-corrected chi connectivity index (χ1v) is 8.12. The molecule has 0 spiro atoms. The molecule has 0 aliphatic carbocycles. The van der Waals surface area contributed by atoms with Gasteiger partial charge in [-0.1, -0.05) is 0 Å². The molecule has 0 aliphatic rings. The standard InChI is InChI=1S/C13H21N3O4S/c1-3-19-13(18)9(5-7-21-2)16-12(17)10-8-20-11(15-10)4-6-14/h8-9H,3-7,14H2,1-2H3,(H,16,17). The van der Waals surface area contributed by atoms with Gasteiger partial charge in [-0.3, -0.25) is 4.79 Å². The number of rotatable bonds is 9. The zero-order valence-electron chi connectivity index (χ0n) is 12.3. The van der Waals surface area contributed by atoms with E-state index in [-0.39, 0.29) is 12.3 Å². The predicted octanol–water partition coefficient (Wildman–Crippen LogP) is 0.590. The minimum atomic E-state index is -0.681. The third-order valence-electron chi connectivity index (χ3n) is 2.63. The zero-order chi connectivity index (χ0) is 15.7. The molecule has 0 saturated carbocycles. The van der Waals surface area contributed by atoms with Crippen molar-refractivity contribution in [2.75, 3.05) is 25.2 Å². The van der Waals surface area contributed by atoms with Crippen molar-refractivity contribution in [2.24, 2.45) is 5.73 Å². The topological polar surface area (TPSA) is 107 Å². The summed E-state index contributed by atoms with van der Waals surface area (Å²) in [6.07, 6.45) is 4.15. The molecular weight excluding hydrogens is 294 g/mol. The first kappa shape index (κ1) is 17.5. The van der Waals surface area contributed by atoms with Gasteiger partial charge in [0.15, 0.2) is 11.6 Å². The summed E-state index contributed by atoms with van der Waals surface area (Å²) in [5.41, 5.74) is 5.53. The van der Waals surface area contributed by atoms with Gasteiger partial charge in [0.2, 0.25) is 0 Å². The molecule has 8 heteroatoms. The largest absolute Gasteiger partial charge is 0.464 e. The molecule has 21 heavy (non-hydrogen) atoms. The van der Waals surface area contributed by atoms with E-state index in [9.17, 15) is 9.59 Å². The van der Waals surface area contributed by atoms with Crippen LogP contribution in [0.4, 0.5) is 0 Å². The molecule has 0 saturated heterocycles. The van der Waals surface area contributed by atoms with Crippen LogP contribution >= 0.6 is 11.8 Å². The van der Waals surface area contributed by atoms with Crippen molar-refractivity contribution in [3.8, 4) is 0 Å². The molecule has 1 aromatic rings. The fourth-order valence-corrected chi connectivity index (χ4v) is 2.08. The van der Waals surface area contributed by atoms with Crippen molar-refractivity contribution in [1.82, 2.24) is 10.3 Å². The lowest BCUT2D eigenvalue weighted by atomic mass is 10.2. The summed E-state index contributed by atoms with van der Waals surface area (Å²) in [5.74, 6) is 0.243. The number of nitrogens with one attached hydrogen (secondary N) is 1. The van der Waals surface area contributed by atoms with E-state index in [2.05, 4.69) is 10.3 Å². The number of ether oxygens (including phenoxy) is 1. The normalized spacial score (nSPS) is 12.0. The van der Waals surface area contributed by atoms with E-state index in [1.807, 2.05) is 6.26 Å². The van der Waals surface area contributed by atoms with E-state index in [4.69, 9.17) is 14.9 Å². The Bertz CT molecular complexity index is 464. The first-order chi connectivity index (χ1) is 10.1. The number of oxazole rings is 1. The van der Waals surface area contributed by atoms with Crippen molar-refractivity contribution in [2.45, 2.75) is 25.8 Å². The fourth-order valence-electron chi connectivity index (χ4n) is 1.61. The fraction of sp³-hybridized carbons (Fsp3) is 0.615. The number of nitrogens with two attached hydrogens (primary N) is 1. The van der Waals surface area contributed by atoms with E-state index in [0.29, 0.717) is 25.3 Å². The Kier molecular flexibility index (Phi) is 7.84. The first-order valence-electron chi connectivity index (χ1n) is 6.73. The van der Waals surface area contributed by atoms with Crippen molar-refractivity contribution in [1.29, 1.82) is 0 Å². The Morgan fingerprint density at radius 2 is 2.33 bits per heavy atom. The Balaban J connectivity index is 2.66. The van der Waals surface area contributed by atoms with Crippen LogP contribution in [-0.4, -0.2) is 48.1 Å². The van der Waals surface area contributed by atoms with Gasteiger partial charge < -0.3 is 20.2 Å². The van der Waals surface area contributed by atoms with Crippen LogP contribution < -0.4 is 11.1 Å². The van der Waals surface area contributed by atoms with Gasteiger partial charge in [-0.05, 0) is 25.4 Å². The van der Waals surface area contributed by atoms with Crippen molar-refractivity contribution in [3.63, 3.8) is 0 Å². The molecule has 1 amide bonds. The summed E-state index contributed by atoms with van der Waals surface area (Å²) in [4.78, 5) is 27.9. The maximum absolute atomic E-state index is 12.1. The Morgan fingerprint density at radius 1 is 1.57 bits per heavy atom. The minimum absolute atomic E-state index is 0.136. The molecule has 118 valence electrons. The Morgan fingerprint density at radius 3 is 2.95 bits per heavy atom. The van der Waals surface area contributed by atoms with Crippen molar-refractivity contribution >= 4 is 23.6 Å². The average Bonchev–Trinajstić information content (AvgIpc) is 2.92. The second-order valence-corrected chi connectivity index (χ2v) is 5.21. The van der Waals surface area contributed by atoms with Crippen LogP contribution in [0.1, 0.15) is 29.7 Å². The lowest BCUT2D eigenvalue weighted by Gasteiger charge is -2.15. The molecule has 0 radical (unpaired) electrons. The molecule has 0 aromatic carbocycles. The van der Waals surface area contributed by atoms with Crippen LogP contribution in [0.3, 0.4) is 0 Å². The van der Waals surface area contributed by atoms with Gasteiger partial charge >= 0.3 is 5.97 Å². The Hall–Kier alpha value is -1.54. The monoisotopic (exact) mass is 315 g/mol. The van der Waals surface area contributed by atoms with Crippen LogP contribution in [0, 0.1) is 0 Å². The number of aromatic nitrogens is 1. The van der Waals surface area contributed by atoms with Crippen molar-refractivity contribution in [3.05, 3.63) is 17.8 Å². The lowest BCUT2D eigenvalue weighted by molar-refractivity contribution is -0.145. The van der Waals surface area contributed by atoms with E-state index in [1.165, 1.54) is 6.26 Å². The van der Waals surface area contributed by atoms with Gasteiger partial charge in [-0.15, -0.1) is 0 Å². The van der Waals surface area contributed by atoms with Gasteiger partial charge in [-0.2, -0.15) is 11.8 Å². The summed E-state index contributed by atoms with van der Waals surface area (Å²) in [6, 6.07) is -0.681. The molecule has 1 aromatic heterocycles. The van der Waals surface area contributed by atoms with Gasteiger partial charge in [0, 0.05) is 13.0 Å². The highest BCUT2D eigenvalue weighted by Crippen LogP contribution is 2.06. The molecular formula is C13H21N3O4S. The maximum atomic E-state index is 12.1. The molecule has 1 atom stereocenters. The van der Waals surface area contributed by atoms with Crippen LogP contribution in [0.5, 0.6) is 0 Å². The molecule has 0 aliphatic heterocycles. The second kappa shape index (κ2) is 9.41. The van der Waals surface area contributed by atoms with E-state index >= 15 is 0 Å². The average molecular weight is 315 g/mol. The minimum Gasteiger partial charge on any atom is -0.464 e. The second-order valence-electron chi connectivity index (χ2n) is 4.22. The van der Waals surface area contributed by atoms with Gasteiger partial charge in [0.25, 0.3) is 5.91 Å². The molecule has 1 unspecified atom stereocenters. The third kappa shape index (κ3) is 5.76. The number of esters is 1. The third-order valence-corrected chi connectivity index (χ3v) is 3.27. The summed E-state index contributed by atoms with van der Waals surface area (Å²) in [6.45, 7) is 2.39. The van der Waals surface area contributed by atoms with Gasteiger partial charge in [-0.25, -0.2) is 9.78 Å². The molecule has 0 bridgehead atoms. The number of hydrogen-bond acceptors (Lipinski definition) is 7. The maximum Gasteiger partial charge on any atom is 0.328 e. The van der Waals surface area contributed by atoms with Crippen LogP contribution in [0.2, 0.25) is 0 Å². The predicted molar refractivity (Wildman–Crippen MR) is 80.1 cm³/mol. The molecule has 7 nitrogen and oxygen atoms in total. The smallest absolute Gasteiger partial charge is 0.328 e. The highest BCUT2D eigenvalue weighted by atomic mass is 32.2. The highest BCUT2D eigenvalue weighted by molar-refractivity contribution is 7.98. The van der Waals surface area contributed by atoms with Crippen molar-refractivity contribution < 1.29 is 18.7 Å². The number of hydrogen-bond donors (Lipinski definition) is 2. The SMILES string of the molecule is CCOC(=O)C(CCSC)NC(=O)c1coc(CCN)n1. The molecule has 1 rings (SSSR count). The van der Waals surface area contributed by atoms with E-state index in [1.54, 1.807) is 18.7 Å². The quantitative estimate of drug-likeness (QED) is 0.642. The number of carbonyl (C=O) groups is 2. The molecule has 0 fully saturated rings. The number of carbonyl (C=O) groups excluding carboxylic acids is 2. The Labute approximate surface area is 128 Å². The highest BCUT2D eigenvalue weighted by Gasteiger charge is 2.23. The summed E-state index contributed by atoms with van der Waals surface area (Å²) in [7, 11) is 0. The summed E-state index contributed by atoms with van der Waals surface area (Å²) >= 11 is 1.59. The van der Waals surface area contributed by atoms with Crippen LogP contribution in [0.25, 0.3) is 0 Å². The number of nitrogens with zero attached hydrogens (tertiary/aromatic N) is 1. The van der Waals surface area contributed by atoms with Crippen LogP contribution in [0.15, 0.2) is 10.7 Å². The number of amides is 1. The summed E-state index contributed by atoms with van der Waals surface area (Å²) < 4.78 is 10.1. The van der Waals surface area contributed by atoms with E-state index < -0.39 is 17.9 Å². The van der Waals surface area contributed by atoms with Gasteiger partial charge in [0.05, 0.1) is 6.61 Å². The zero-order valence-corrected chi connectivity index (χ0v) is 13.1. The summed E-state index contributed by atoms with van der Waals surface area (Å²) in [5, 5.41) is 2.63. The molecule has 3 N–H and O–H groups in total. The number of thioether (sulfide) groups is 1.